The van der Waals surface area contributed by atoms with Crippen LogP contribution in [-0.2, 0) is 0 Å². The van der Waals surface area contributed by atoms with E-state index in [1.807, 2.05) is 26.8 Å². The molecule has 0 aliphatic carbocycles. The van der Waals surface area contributed by atoms with Gasteiger partial charge in [0, 0.05) is 25.7 Å². The van der Waals surface area contributed by atoms with Gasteiger partial charge in [0.1, 0.15) is 17.5 Å². The zero-order valence-electron chi connectivity index (χ0n) is 10.7. The molecule has 17 heavy (non-hydrogen) atoms. The molecule has 0 amide bonds. The van der Waals surface area contributed by atoms with E-state index in [2.05, 4.69) is 20.2 Å². The molecule has 0 aromatic carbocycles. The second-order valence-corrected chi connectivity index (χ2v) is 4.86. The van der Waals surface area contributed by atoms with E-state index >= 15 is 0 Å². The van der Waals surface area contributed by atoms with Crippen molar-refractivity contribution in [3.8, 4) is 0 Å². The second-order valence-electron chi connectivity index (χ2n) is 4.86. The largest absolute Gasteiger partial charge is 0.388 e. The summed E-state index contributed by atoms with van der Waals surface area (Å²) in [6, 6.07) is 1.94. The third-order valence-corrected chi connectivity index (χ3v) is 2.96. The summed E-state index contributed by atoms with van der Waals surface area (Å²) in [5, 5.41) is 13.2. The minimum atomic E-state index is -0.600. The number of nitrogens with zero attached hydrogens (tertiary/aromatic N) is 3. The first-order chi connectivity index (χ1) is 8.00. The molecule has 1 unspecified atom stereocenters. The summed E-state index contributed by atoms with van der Waals surface area (Å²) in [5.41, 5.74) is -0.600. The van der Waals surface area contributed by atoms with Crippen LogP contribution in [0.15, 0.2) is 6.07 Å². The topological polar surface area (TPSA) is 61.3 Å². The number of aromatic nitrogens is 2. The standard InChI is InChI=1S/C12H20N4O/c1-4-13-10-7-11(15-9(2)14-10)16-6-5-12(3,17)8-16/h7,17H,4-6,8H2,1-3H3,(H,13,14,15). The number of rotatable bonds is 3. The lowest BCUT2D eigenvalue weighted by Gasteiger charge is -2.20. The van der Waals surface area contributed by atoms with Gasteiger partial charge >= 0.3 is 0 Å². The number of hydrogen-bond donors (Lipinski definition) is 2. The van der Waals surface area contributed by atoms with Gasteiger partial charge in [0.25, 0.3) is 0 Å². The SMILES string of the molecule is CCNc1cc(N2CCC(C)(O)C2)nc(C)n1. The van der Waals surface area contributed by atoms with Gasteiger partial charge in [-0.25, -0.2) is 9.97 Å². The number of β-amino-alcohol motifs (C(OH)–C–C–N with tert-alkyl or cyclic N) is 1. The van der Waals surface area contributed by atoms with Gasteiger partial charge in [0.2, 0.25) is 0 Å². The van der Waals surface area contributed by atoms with Crippen molar-refractivity contribution < 1.29 is 5.11 Å². The summed E-state index contributed by atoms with van der Waals surface area (Å²) < 4.78 is 0. The molecular weight excluding hydrogens is 216 g/mol. The predicted octanol–water partition coefficient (Wildman–Crippen LogP) is 1.18. The highest BCUT2D eigenvalue weighted by atomic mass is 16.3. The number of anilines is 2. The van der Waals surface area contributed by atoms with Crippen molar-refractivity contribution in [1.29, 1.82) is 0 Å². The van der Waals surface area contributed by atoms with Crippen molar-refractivity contribution in [2.24, 2.45) is 0 Å². The maximum atomic E-state index is 9.97. The summed E-state index contributed by atoms with van der Waals surface area (Å²) in [6.07, 6.45) is 0.784. The van der Waals surface area contributed by atoms with Crippen LogP contribution in [0.3, 0.4) is 0 Å². The number of hydrogen-bond acceptors (Lipinski definition) is 5. The molecular formula is C12H20N4O. The molecule has 94 valence electrons. The monoisotopic (exact) mass is 236 g/mol. The van der Waals surface area contributed by atoms with Crippen molar-refractivity contribution in [1.82, 2.24) is 9.97 Å². The smallest absolute Gasteiger partial charge is 0.134 e. The molecule has 1 aromatic heterocycles. The minimum Gasteiger partial charge on any atom is -0.388 e. The summed E-state index contributed by atoms with van der Waals surface area (Å²) in [7, 11) is 0. The van der Waals surface area contributed by atoms with E-state index in [-0.39, 0.29) is 0 Å². The Kier molecular flexibility index (Phi) is 3.19. The van der Waals surface area contributed by atoms with Crippen molar-refractivity contribution in [2.45, 2.75) is 32.8 Å². The highest BCUT2D eigenvalue weighted by Gasteiger charge is 2.32. The maximum Gasteiger partial charge on any atom is 0.134 e. The van der Waals surface area contributed by atoms with Crippen LogP contribution in [0.5, 0.6) is 0 Å². The van der Waals surface area contributed by atoms with Crippen LogP contribution in [0, 0.1) is 6.92 Å². The van der Waals surface area contributed by atoms with E-state index in [4.69, 9.17) is 0 Å². The van der Waals surface area contributed by atoms with Crippen molar-refractivity contribution in [3.05, 3.63) is 11.9 Å². The summed E-state index contributed by atoms with van der Waals surface area (Å²) in [6.45, 7) is 8.11. The van der Waals surface area contributed by atoms with Gasteiger partial charge in [0.05, 0.1) is 5.60 Å². The van der Waals surface area contributed by atoms with E-state index in [9.17, 15) is 5.11 Å². The zero-order valence-corrected chi connectivity index (χ0v) is 10.7. The third-order valence-electron chi connectivity index (χ3n) is 2.96. The zero-order chi connectivity index (χ0) is 12.5. The Hall–Kier alpha value is -1.36. The Labute approximate surface area is 102 Å². The van der Waals surface area contributed by atoms with E-state index in [0.29, 0.717) is 6.54 Å². The fourth-order valence-electron chi connectivity index (χ4n) is 2.13. The Morgan fingerprint density at radius 2 is 2.29 bits per heavy atom. The molecule has 1 aromatic rings. The van der Waals surface area contributed by atoms with Gasteiger partial charge in [0.15, 0.2) is 0 Å². The molecule has 1 saturated heterocycles. The molecule has 1 aliphatic rings. The lowest BCUT2D eigenvalue weighted by atomic mass is 10.1. The molecule has 1 atom stereocenters. The van der Waals surface area contributed by atoms with Crippen molar-refractivity contribution in [3.63, 3.8) is 0 Å². The average Bonchev–Trinajstić information content (AvgIpc) is 2.58. The molecule has 2 N–H and O–H groups in total. The fourth-order valence-corrected chi connectivity index (χ4v) is 2.13. The quantitative estimate of drug-likeness (QED) is 0.825. The lowest BCUT2D eigenvalue weighted by Crippen LogP contribution is -2.30. The van der Waals surface area contributed by atoms with Gasteiger partial charge in [-0.2, -0.15) is 0 Å². The highest BCUT2D eigenvalue weighted by Crippen LogP contribution is 2.26. The molecule has 1 fully saturated rings. The molecule has 0 saturated carbocycles. The highest BCUT2D eigenvalue weighted by molar-refractivity contribution is 5.50. The van der Waals surface area contributed by atoms with Crippen LogP contribution in [0.25, 0.3) is 0 Å². The fraction of sp³-hybridized carbons (Fsp3) is 0.667. The first-order valence-electron chi connectivity index (χ1n) is 6.07. The van der Waals surface area contributed by atoms with Gasteiger partial charge in [-0.1, -0.05) is 0 Å². The molecule has 5 heteroatoms. The Bertz CT molecular complexity index is 405. The van der Waals surface area contributed by atoms with Crippen molar-refractivity contribution in [2.75, 3.05) is 29.9 Å². The van der Waals surface area contributed by atoms with Gasteiger partial charge < -0.3 is 15.3 Å². The maximum absolute atomic E-state index is 9.97. The van der Waals surface area contributed by atoms with E-state index in [1.165, 1.54) is 0 Å². The predicted molar refractivity (Wildman–Crippen MR) is 68.4 cm³/mol. The summed E-state index contributed by atoms with van der Waals surface area (Å²) >= 11 is 0. The van der Waals surface area contributed by atoms with E-state index < -0.39 is 5.60 Å². The van der Waals surface area contributed by atoms with E-state index in [0.717, 1.165) is 37.0 Å². The average molecular weight is 236 g/mol. The third kappa shape index (κ3) is 2.85. The minimum absolute atomic E-state index is 0.600. The Balaban J connectivity index is 2.21. The molecule has 2 heterocycles. The summed E-state index contributed by atoms with van der Waals surface area (Å²) in [4.78, 5) is 10.9. The normalized spacial score (nSPS) is 24.1. The Morgan fingerprint density at radius 3 is 2.88 bits per heavy atom. The number of aryl methyl sites for hydroxylation is 1. The molecule has 0 spiro atoms. The lowest BCUT2D eigenvalue weighted by molar-refractivity contribution is 0.0839. The molecule has 1 aliphatic heterocycles. The van der Waals surface area contributed by atoms with Gasteiger partial charge in [-0.15, -0.1) is 0 Å². The summed E-state index contributed by atoms with van der Waals surface area (Å²) in [5.74, 6) is 2.50. The first kappa shape index (κ1) is 12.1. The molecule has 5 nitrogen and oxygen atoms in total. The first-order valence-corrected chi connectivity index (χ1v) is 6.07. The van der Waals surface area contributed by atoms with Crippen LogP contribution in [0.2, 0.25) is 0 Å². The van der Waals surface area contributed by atoms with E-state index in [1.54, 1.807) is 0 Å². The molecule has 2 rings (SSSR count). The molecule has 0 radical (unpaired) electrons. The number of nitrogens with one attached hydrogen (secondary N) is 1. The van der Waals surface area contributed by atoms with Crippen LogP contribution >= 0.6 is 0 Å². The Morgan fingerprint density at radius 1 is 1.53 bits per heavy atom. The van der Waals surface area contributed by atoms with Gasteiger partial charge in [-0.3, -0.25) is 0 Å². The molecule has 0 bridgehead atoms. The number of aliphatic hydroxyl groups is 1. The van der Waals surface area contributed by atoms with Crippen molar-refractivity contribution >= 4 is 11.6 Å². The van der Waals surface area contributed by atoms with Crippen LogP contribution in [-0.4, -0.2) is 40.3 Å². The van der Waals surface area contributed by atoms with Crippen LogP contribution < -0.4 is 10.2 Å². The van der Waals surface area contributed by atoms with Crippen LogP contribution in [0.4, 0.5) is 11.6 Å². The second kappa shape index (κ2) is 4.49. The van der Waals surface area contributed by atoms with Gasteiger partial charge in [-0.05, 0) is 27.2 Å². The van der Waals surface area contributed by atoms with Crippen LogP contribution in [0.1, 0.15) is 26.1 Å².